The molecule has 0 unspecified atom stereocenters. The Morgan fingerprint density at radius 2 is 1.84 bits per heavy atom. The second-order valence-corrected chi connectivity index (χ2v) is 6.65. The van der Waals surface area contributed by atoms with E-state index in [1.165, 1.54) is 6.07 Å². The summed E-state index contributed by atoms with van der Waals surface area (Å²) < 4.78 is 6.00. The predicted octanol–water partition coefficient (Wildman–Crippen LogP) is 4.13. The molecule has 0 radical (unpaired) electrons. The number of nitrogens with zero attached hydrogens (tertiary/aromatic N) is 1. The van der Waals surface area contributed by atoms with Crippen molar-refractivity contribution in [3.8, 4) is 28.2 Å². The van der Waals surface area contributed by atoms with Crippen LogP contribution >= 0.6 is 11.6 Å². The van der Waals surface area contributed by atoms with Gasteiger partial charge in [0.2, 0.25) is 5.91 Å². The first-order valence-electron chi connectivity index (χ1n) is 7.64. The van der Waals surface area contributed by atoms with E-state index in [1.807, 2.05) is 12.1 Å². The fourth-order valence-corrected chi connectivity index (χ4v) is 2.55. The fraction of sp³-hybridized carbons (Fsp3) is 0.158. The predicted molar refractivity (Wildman–Crippen MR) is 96.3 cm³/mol. The second kappa shape index (κ2) is 6.26. The lowest BCUT2D eigenvalue weighted by atomic mass is 9.89. The highest BCUT2D eigenvalue weighted by atomic mass is 35.5. The van der Waals surface area contributed by atoms with Crippen LogP contribution < -0.4 is 5.73 Å². The van der Waals surface area contributed by atoms with Crippen LogP contribution in [0, 0.1) is 0 Å². The number of nitrogens with two attached hydrogens (primary N) is 1. The van der Waals surface area contributed by atoms with Crippen LogP contribution in [0.15, 0.2) is 53.2 Å². The Morgan fingerprint density at radius 3 is 2.44 bits per heavy atom. The molecule has 1 aromatic carbocycles. The summed E-state index contributed by atoms with van der Waals surface area (Å²) in [6.07, 6.45) is 3.34. The molecule has 0 aliphatic rings. The molecule has 6 heteroatoms. The standard InChI is InChI=1S/C19H17ClN2O3/c1-19(2,18(21)24)16-10-13(11-5-7-22-8-6-11)17(25-16)12-3-4-14(20)15(23)9-12/h3-10,23H,1-2H3,(H2,21,24). The van der Waals surface area contributed by atoms with Gasteiger partial charge in [0.15, 0.2) is 0 Å². The summed E-state index contributed by atoms with van der Waals surface area (Å²) in [6, 6.07) is 10.3. The first kappa shape index (κ1) is 17.0. The molecule has 3 rings (SSSR count). The van der Waals surface area contributed by atoms with Crippen molar-refractivity contribution >= 4 is 17.5 Å². The minimum absolute atomic E-state index is 0.0491. The number of halogens is 1. The highest BCUT2D eigenvalue weighted by molar-refractivity contribution is 6.32. The van der Waals surface area contributed by atoms with Crippen LogP contribution in [-0.2, 0) is 10.2 Å². The Morgan fingerprint density at radius 1 is 1.16 bits per heavy atom. The molecule has 128 valence electrons. The fourth-order valence-electron chi connectivity index (χ4n) is 2.43. The number of benzene rings is 1. The molecule has 5 nitrogen and oxygen atoms in total. The number of hydrogen-bond acceptors (Lipinski definition) is 4. The second-order valence-electron chi connectivity index (χ2n) is 6.24. The molecule has 0 spiro atoms. The van der Waals surface area contributed by atoms with Gasteiger partial charge in [-0.05, 0) is 55.8 Å². The average molecular weight is 357 g/mol. The van der Waals surface area contributed by atoms with Gasteiger partial charge in [-0.25, -0.2) is 0 Å². The molecule has 0 aliphatic heterocycles. The summed E-state index contributed by atoms with van der Waals surface area (Å²) in [5, 5.41) is 10.2. The van der Waals surface area contributed by atoms with Crippen LogP contribution in [0.5, 0.6) is 5.75 Å². The molecule has 3 N–H and O–H groups in total. The SMILES string of the molecule is CC(C)(C(N)=O)c1cc(-c2ccncc2)c(-c2ccc(Cl)c(O)c2)o1. The minimum atomic E-state index is -0.978. The summed E-state index contributed by atoms with van der Waals surface area (Å²) in [5.74, 6) is 0.415. The van der Waals surface area contributed by atoms with Crippen LogP contribution in [0.4, 0.5) is 0 Å². The lowest BCUT2D eigenvalue weighted by molar-refractivity contribution is -0.122. The Bertz CT molecular complexity index is 933. The Hall–Kier alpha value is -2.79. The van der Waals surface area contributed by atoms with Gasteiger partial charge in [-0.3, -0.25) is 9.78 Å². The number of rotatable bonds is 4. The largest absolute Gasteiger partial charge is 0.506 e. The number of carbonyl (C=O) groups is 1. The number of primary amides is 1. The molecule has 0 atom stereocenters. The van der Waals surface area contributed by atoms with E-state index in [-0.39, 0.29) is 10.8 Å². The van der Waals surface area contributed by atoms with Crippen molar-refractivity contribution in [2.75, 3.05) is 0 Å². The molecule has 1 amide bonds. The van der Waals surface area contributed by atoms with Gasteiger partial charge < -0.3 is 15.3 Å². The number of aromatic nitrogens is 1. The summed E-state index contributed by atoms with van der Waals surface area (Å²) >= 11 is 5.89. The minimum Gasteiger partial charge on any atom is -0.506 e. The number of amides is 1. The molecular weight excluding hydrogens is 340 g/mol. The first-order valence-corrected chi connectivity index (χ1v) is 8.02. The molecule has 0 saturated heterocycles. The van der Waals surface area contributed by atoms with Crippen molar-refractivity contribution in [2.45, 2.75) is 19.3 Å². The Labute approximate surface area is 150 Å². The van der Waals surface area contributed by atoms with Gasteiger partial charge in [0.1, 0.15) is 22.7 Å². The maximum Gasteiger partial charge on any atom is 0.230 e. The van der Waals surface area contributed by atoms with E-state index >= 15 is 0 Å². The normalized spacial score (nSPS) is 11.5. The van der Waals surface area contributed by atoms with E-state index in [4.69, 9.17) is 21.8 Å². The summed E-state index contributed by atoms with van der Waals surface area (Å²) in [4.78, 5) is 15.8. The van der Waals surface area contributed by atoms with Crippen molar-refractivity contribution in [1.82, 2.24) is 4.98 Å². The van der Waals surface area contributed by atoms with Gasteiger partial charge in [-0.2, -0.15) is 0 Å². The quantitative estimate of drug-likeness (QED) is 0.735. The topological polar surface area (TPSA) is 89.4 Å². The van der Waals surface area contributed by atoms with Gasteiger partial charge in [-0.1, -0.05) is 11.6 Å². The third kappa shape index (κ3) is 3.10. The molecular formula is C19H17ClN2O3. The maximum absolute atomic E-state index is 11.8. The van der Waals surface area contributed by atoms with Crippen molar-refractivity contribution in [3.05, 3.63) is 59.6 Å². The van der Waals surface area contributed by atoms with Gasteiger partial charge in [0.25, 0.3) is 0 Å². The lowest BCUT2D eigenvalue weighted by Gasteiger charge is -2.16. The van der Waals surface area contributed by atoms with Crippen molar-refractivity contribution in [2.24, 2.45) is 5.73 Å². The Balaban J connectivity index is 2.24. The number of furan rings is 1. The average Bonchev–Trinajstić information content (AvgIpc) is 3.04. The van der Waals surface area contributed by atoms with E-state index in [2.05, 4.69) is 4.98 Å². The van der Waals surface area contributed by atoms with Crippen LogP contribution in [0.2, 0.25) is 5.02 Å². The van der Waals surface area contributed by atoms with E-state index < -0.39 is 11.3 Å². The number of phenolic OH excluding ortho intramolecular Hbond substituents is 1. The lowest BCUT2D eigenvalue weighted by Crippen LogP contribution is -2.35. The summed E-state index contributed by atoms with van der Waals surface area (Å²) in [7, 11) is 0. The zero-order chi connectivity index (χ0) is 18.2. The van der Waals surface area contributed by atoms with Crippen LogP contribution in [-0.4, -0.2) is 16.0 Å². The number of carbonyl (C=O) groups excluding carboxylic acids is 1. The molecule has 2 aromatic heterocycles. The highest BCUT2D eigenvalue weighted by Crippen LogP contribution is 2.40. The van der Waals surface area contributed by atoms with Gasteiger partial charge >= 0.3 is 0 Å². The monoisotopic (exact) mass is 356 g/mol. The van der Waals surface area contributed by atoms with Crippen molar-refractivity contribution in [1.29, 1.82) is 0 Å². The zero-order valence-corrected chi connectivity index (χ0v) is 14.5. The smallest absolute Gasteiger partial charge is 0.230 e. The highest BCUT2D eigenvalue weighted by Gasteiger charge is 2.33. The maximum atomic E-state index is 11.8. The van der Waals surface area contributed by atoms with E-state index in [0.29, 0.717) is 17.1 Å². The molecule has 0 fully saturated rings. The van der Waals surface area contributed by atoms with Crippen molar-refractivity contribution < 1.29 is 14.3 Å². The van der Waals surface area contributed by atoms with E-state index in [0.717, 1.165) is 11.1 Å². The molecule has 0 saturated carbocycles. The van der Waals surface area contributed by atoms with Crippen LogP contribution in [0.3, 0.4) is 0 Å². The summed E-state index contributed by atoms with van der Waals surface area (Å²) in [6.45, 7) is 3.40. The van der Waals surface area contributed by atoms with E-state index in [9.17, 15) is 9.90 Å². The number of aromatic hydroxyl groups is 1. The molecule has 0 aliphatic carbocycles. The summed E-state index contributed by atoms with van der Waals surface area (Å²) in [5.41, 5.74) is 6.82. The first-order chi connectivity index (χ1) is 11.8. The number of hydrogen-bond donors (Lipinski definition) is 2. The van der Waals surface area contributed by atoms with Gasteiger partial charge in [-0.15, -0.1) is 0 Å². The van der Waals surface area contributed by atoms with E-state index in [1.54, 1.807) is 44.4 Å². The Kier molecular flexibility index (Phi) is 4.27. The zero-order valence-electron chi connectivity index (χ0n) is 13.8. The van der Waals surface area contributed by atoms with Crippen LogP contribution in [0.25, 0.3) is 22.5 Å². The third-order valence-electron chi connectivity index (χ3n) is 4.16. The molecule has 3 aromatic rings. The van der Waals surface area contributed by atoms with Gasteiger partial charge in [0.05, 0.1) is 5.02 Å². The van der Waals surface area contributed by atoms with Crippen molar-refractivity contribution in [3.63, 3.8) is 0 Å². The number of pyridine rings is 1. The number of phenols is 1. The van der Waals surface area contributed by atoms with Gasteiger partial charge in [0, 0.05) is 23.5 Å². The molecule has 25 heavy (non-hydrogen) atoms. The molecule has 0 bridgehead atoms. The molecule has 2 heterocycles. The third-order valence-corrected chi connectivity index (χ3v) is 4.48. The van der Waals surface area contributed by atoms with Crippen LogP contribution in [0.1, 0.15) is 19.6 Å².